The van der Waals surface area contributed by atoms with E-state index in [0.29, 0.717) is 55.0 Å². The Morgan fingerprint density at radius 3 is 1.11 bits per heavy atom. The zero-order valence-electron chi connectivity index (χ0n) is 73.4. The standard InChI is InChI=1S/C23H34NO.C22H32NO.C22H26NO.C19H30NOSi.C17H24NO/c1-17-13-19-15-24(21-10-6-5-9-18(21)2)16-25-22(19)20(14-17)23(3)11-7-4-8-12-23;2*1-16-12-19-14-23(21-11-7-6-8-17(21)2)15-24-22(19)20(13-16)18-9-4-3-5-10-18;1-14-10-16-12-20(17-9-7-6-8-15(17)2)13-21-19(16)18(11-14)22(3,4)5;1-12-8-14(3)17-15(9-12)10-18(11-19-17)16-7-5-4-6-13(16)2/h13-15,18,21H,4-12,16H2,1-3H3;12-14,17-18,21H,3-11,15H2,1-2H3;3-5,9-10,12-14,17,21H,6-8,11,15H2,1-2H3;10-12,15,17H,6-9,13H2,1-5H3;8-10,13,16H,4-7,11H2,1-3H3/q5*+1. The van der Waals surface area contributed by atoms with E-state index in [-0.39, 0.29) is 0 Å². The Morgan fingerprint density at radius 1 is 0.325 bits per heavy atom. The first kappa shape index (κ1) is 83.4. The summed E-state index contributed by atoms with van der Waals surface area (Å²) in [6, 6.07) is 36.8. The maximum Gasteiger partial charge on any atom is 0.287 e. The highest BCUT2D eigenvalue weighted by Crippen LogP contribution is 2.47. The molecule has 6 aromatic rings. The Balaban J connectivity index is 0.000000118. The van der Waals surface area contributed by atoms with Crippen molar-refractivity contribution in [2.75, 3.05) is 33.7 Å². The number of nitrogens with zero attached hydrogens (tertiary/aromatic N) is 5. The van der Waals surface area contributed by atoms with E-state index in [2.05, 4.69) is 248 Å². The van der Waals surface area contributed by atoms with E-state index in [1.807, 2.05) is 0 Å². The maximum atomic E-state index is 6.44. The van der Waals surface area contributed by atoms with Gasteiger partial charge in [-0.25, -0.2) is 0 Å². The van der Waals surface area contributed by atoms with Crippen LogP contribution in [-0.4, -0.2) is 126 Å². The molecule has 0 spiro atoms. The van der Waals surface area contributed by atoms with E-state index in [4.69, 9.17) is 23.7 Å². The van der Waals surface area contributed by atoms with Crippen molar-refractivity contribution in [2.24, 2.45) is 29.6 Å². The summed E-state index contributed by atoms with van der Waals surface area (Å²) in [5.41, 5.74) is 20.0. The molecule has 612 valence electrons. The molecule has 0 radical (unpaired) electrons. The lowest BCUT2D eigenvalue weighted by Gasteiger charge is -2.36. The number of hydrogen-bond donors (Lipinski definition) is 0. The van der Waals surface area contributed by atoms with Gasteiger partial charge in [-0.3, -0.25) is 0 Å². The number of fused-ring (bicyclic) bond motifs is 5. The second-order valence-corrected chi connectivity index (χ2v) is 44.3. The van der Waals surface area contributed by atoms with Crippen molar-refractivity contribution in [3.8, 4) is 39.9 Å². The van der Waals surface area contributed by atoms with E-state index in [9.17, 15) is 0 Å². The predicted octanol–water partition coefficient (Wildman–Crippen LogP) is 23.6. The SMILES string of the molecule is Cc1cc(C)c2c(c1)C=[N+](C1CCCCC1C)CO2.Cc1cc2c(c(-c3ccccc3)c1)OC[N+](C1CCCCC1C)=C2.Cc1cc2c(c(C3(C)CCCCC3)c1)OC[N+](C1CCCCC1C)=C2.Cc1cc2c(c(C3CCCCC3)c1)OC[N+](C1CCCCC1C)=C2.Cc1cc2c(c([Si](C)(C)C)c1)OC[N+](C1CCCCC1C)=C2. The summed E-state index contributed by atoms with van der Waals surface area (Å²) in [6.07, 6.45) is 52.4. The Labute approximate surface area is 690 Å². The molecule has 11 heteroatoms. The lowest BCUT2D eigenvalue weighted by atomic mass is 9.70. The van der Waals surface area contributed by atoms with Crippen molar-refractivity contribution < 1.29 is 46.6 Å². The fourth-order valence-electron chi connectivity index (χ4n) is 22.4. The molecule has 7 aliphatic carbocycles. The van der Waals surface area contributed by atoms with Gasteiger partial charge in [-0.15, -0.1) is 0 Å². The summed E-state index contributed by atoms with van der Waals surface area (Å²) in [6.45, 7) is 38.4. The molecule has 0 aromatic heterocycles. The molecule has 5 heterocycles. The molecule has 0 N–H and O–H groups in total. The average Bonchev–Trinajstić information content (AvgIpc) is 0.799. The highest BCUT2D eigenvalue weighted by Gasteiger charge is 2.42. The lowest BCUT2D eigenvalue weighted by molar-refractivity contribution is -0.601. The normalized spacial score (nSPS) is 26.3. The van der Waals surface area contributed by atoms with E-state index in [1.54, 1.807) is 0 Å². The summed E-state index contributed by atoms with van der Waals surface area (Å²) < 4.78 is 43.7. The second kappa shape index (κ2) is 37.7. The Bertz CT molecular complexity index is 4490. The van der Waals surface area contributed by atoms with Crippen LogP contribution in [0.15, 0.2) is 91.0 Å². The molecular weight excluding hydrogens is 1420 g/mol. The topological polar surface area (TPSA) is 61.2 Å². The Kier molecular flexibility index (Phi) is 27.5. The summed E-state index contributed by atoms with van der Waals surface area (Å²) in [7, 11) is -1.38. The molecule has 7 fully saturated rings. The van der Waals surface area contributed by atoms with Crippen LogP contribution in [0.4, 0.5) is 0 Å². The number of aryl methyl sites for hydroxylation is 6. The van der Waals surface area contributed by atoms with Gasteiger partial charge in [0.25, 0.3) is 33.7 Å². The number of benzene rings is 6. The number of hydrogen-bond acceptors (Lipinski definition) is 5. The van der Waals surface area contributed by atoms with Crippen molar-refractivity contribution in [1.29, 1.82) is 0 Å². The van der Waals surface area contributed by atoms with Gasteiger partial charge in [0.15, 0.2) is 61.3 Å². The predicted molar refractivity (Wildman–Crippen MR) is 477 cm³/mol. The van der Waals surface area contributed by atoms with Crippen LogP contribution in [0.1, 0.15) is 312 Å². The van der Waals surface area contributed by atoms with Crippen LogP contribution in [0, 0.1) is 71.1 Å². The Hall–Kier alpha value is -7.11. The smallest absolute Gasteiger partial charge is 0.287 e. The summed E-state index contributed by atoms with van der Waals surface area (Å²) >= 11 is 0. The fourth-order valence-corrected chi connectivity index (χ4v) is 23.9. The van der Waals surface area contributed by atoms with Crippen molar-refractivity contribution in [2.45, 2.75) is 337 Å². The second-order valence-electron chi connectivity index (χ2n) is 39.3. The first-order valence-corrected chi connectivity index (χ1v) is 49.5. The third-order valence-electron chi connectivity index (χ3n) is 28.8. The van der Waals surface area contributed by atoms with Gasteiger partial charge in [0, 0.05) is 72.8 Å². The monoisotopic (exact) mass is 1560 g/mol. The van der Waals surface area contributed by atoms with Crippen LogP contribution in [0.2, 0.25) is 19.6 Å². The zero-order chi connectivity index (χ0) is 79.8. The van der Waals surface area contributed by atoms with E-state index >= 15 is 0 Å². The molecule has 0 bridgehead atoms. The molecule has 0 amide bonds. The molecule has 10 nitrogen and oxygen atoms in total. The van der Waals surface area contributed by atoms with Gasteiger partial charge in [0.2, 0.25) is 0 Å². The first-order chi connectivity index (χ1) is 55.0. The fraction of sp³-hybridized carbons (Fsp3) is 0.602. The highest BCUT2D eigenvalue weighted by molar-refractivity contribution is 6.89. The molecule has 6 aromatic carbocycles. The van der Waals surface area contributed by atoms with Crippen molar-refractivity contribution in [3.63, 3.8) is 0 Å². The van der Waals surface area contributed by atoms with Gasteiger partial charge in [-0.05, 0) is 223 Å². The number of rotatable bonds is 9. The van der Waals surface area contributed by atoms with Gasteiger partial charge in [-0.2, -0.15) is 22.9 Å². The largest absolute Gasteiger partial charge is 0.436 e. The third kappa shape index (κ3) is 19.8. The minimum Gasteiger partial charge on any atom is -0.436 e. The minimum absolute atomic E-state index is 0.294. The average molecular weight is 1560 g/mol. The highest BCUT2D eigenvalue weighted by atomic mass is 28.3. The van der Waals surface area contributed by atoms with Crippen LogP contribution in [0.25, 0.3) is 11.1 Å². The summed E-state index contributed by atoms with van der Waals surface area (Å²) in [5.74, 6) is 10.2. The zero-order valence-corrected chi connectivity index (χ0v) is 74.4. The quantitative estimate of drug-likeness (QED) is 0.107. The molecule has 10 unspecified atom stereocenters. The van der Waals surface area contributed by atoms with Crippen molar-refractivity contribution >= 4 is 44.3 Å². The molecule has 5 aliphatic heterocycles. The maximum absolute atomic E-state index is 6.44. The van der Waals surface area contributed by atoms with Gasteiger partial charge in [-0.1, -0.05) is 192 Å². The van der Waals surface area contributed by atoms with E-state index in [0.717, 1.165) is 67.0 Å². The third-order valence-corrected chi connectivity index (χ3v) is 30.8. The molecule has 18 rings (SSSR count). The molecule has 10 atom stereocenters. The van der Waals surface area contributed by atoms with Crippen molar-refractivity contribution in [1.82, 2.24) is 0 Å². The minimum atomic E-state index is -1.38. The van der Waals surface area contributed by atoms with Crippen LogP contribution in [0.5, 0.6) is 28.7 Å². The molecule has 114 heavy (non-hydrogen) atoms. The van der Waals surface area contributed by atoms with E-state index in [1.165, 1.54) is 293 Å². The lowest BCUT2D eigenvalue weighted by Crippen LogP contribution is -2.44. The van der Waals surface area contributed by atoms with Crippen LogP contribution in [-0.2, 0) is 5.41 Å². The van der Waals surface area contributed by atoms with Gasteiger partial charge in [0.05, 0.1) is 35.9 Å². The number of ether oxygens (including phenoxy) is 5. The van der Waals surface area contributed by atoms with E-state index < -0.39 is 8.07 Å². The molecular formula is C103H146N5O5Si+5. The van der Waals surface area contributed by atoms with Crippen LogP contribution in [0.3, 0.4) is 0 Å². The molecule has 12 aliphatic rings. The summed E-state index contributed by atoms with van der Waals surface area (Å²) in [4.78, 5) is 0. The molecule has 7 saturated carbocycles. The van der Waals surface area contributed by atoms with Crippen LogP contribution < -0.4 is 28.9 Å². The van der Waals surface area contributed by atoms with Gasteiger partial charge < -0.3 is 23.7 Å². The van der Waals surface area contributed by atoms with Gasteiger partial charge >= 0.3 is 0 Å². The van der Waals surface area contributed by atoms with Crippen molar-refractivity contribution in [3.05, 3.63) is 163 Å². The first-order valence-electron chi connectivity index (χ1n) is 46.0. The molecule has 0 saturated heterocycles. The summed E-state index contributed by atoms with van der Waals surface area (Å²) in [5, 5.41) is 1.47. The Morgan fingerprint density at radius 2 is 0.658 bits per heavy atom. The van der Waals surface area contributed by atoms with Gasteiger partial charge in [0.1, 0.15) is 28.7 Å². The van der Waals surface area contributed by atoms with Crippen LogP contribution >= 0.6 is 0 Å².